The molecule has 0 spiro atoms. The van der Waals surface area contributed by atoms with Gasteiger partial charge in [0.2, 0.25) is 0 Å². The molecule has 0 saturated heterocycles. The first-order valence-electron chi connectivity index (χ1n) is 6.64. The quantitative estimate of drug-likeness (QED) is 0.892. The van der Waals surface area contributed by atoms with Crippen LogP contribution in [0.1, 0.15) is 52.9 Å². The number of hydrogen-bond donors (Lipinski definition) is 2. The average molecular weight is 273 g/mol. The van der Waals surface area contributed by atoms with Crippen molar-refractivity contribution in [3.63, 3.8) is 0 Å². The molecular weight excluding hydrogens is 254 g/mol. The molecule has 2 aromatic heterocycles. The van der Waals surface area contributed by atoms with Crippen molar-refractivity contribution in [3.05, 3.63) is 41.0 Å². The van der Waals surface area contributed by atoms with Crippen molar-refractivity contribution in [1.29, 1.82) is 0 Å². The second kappa shape index (κ2) is 5.81. The fourth-order valence-corrected chi connectivity index (χ4v) is 2.04. The highest BCUT2D eigenvalue weighted by atomic mass is 16.1. The van der Waals surface area contributed by atoms with Crippen LogP contribution in [0.15, 0.2) is 12.3 Å². The Morgan fingerprint density at radius 3 is 2.65 bits per heavy atom. The van der Waals surface area contributed by atoms with Crippen LogP contribution in [-0.4, -0.2) is 25.8 Å². The maximum absolute atomic E-state index is 12.3. The summed E-state index contributed by atoms with van der Waals surface area (Å²) in [5, 5.41) is 2.94. The summed E-state index contributed by atoms with van der Waals surface area (Å²) >= 11 is 0. The third-order valence-corrected chi connectivity index (χ3v) is 2.96. The van der Waals surface area contributed by atoms with Crippen LogP contribution in [0.2, 0.25) is 0 Å². The van der Waals surface area contributed by atoms with E-state index in [0.717, 1.165) is 23.6 Å². The molecule has 0 radical (unpaired) electrons. The van der Waals surface area contributed by atoms with E-state index >= 15 is 0 Å². The Morgan fingerprint density at radius 1 is 1.35 bits per heavy atom. The summed E-state index contributed by atoms with van der Waals surface area (Å²) in [6.45, 7) is 7.55. The summed E-state index contributed by atoms with van der Waals surface area (Å²) in [7, 11) is 0. The van der Waals surface area contributed by atoms with Gasteiger partial charge in [0, 0.05) is 17.6 Å². The third kappa shape index (κ3) is 3.20. The molecule has 20 heavy (non-hydrogen) atoms. The SMILES string of the molecule is CCC(NC(=O)c1cc(C)nc(C)n1)c1ncc(C)[nH]1. The molecule has 2 heterocycles. The van der Waals surface area contributed by atoms with E-state index in [4.69, 9.17) is 0 Å². The van der Waals surface area contributed by atoms with Gasteiger partial charge in [-0.05, 0) is 33.3 Å². The lowest BCUT2D eigenvalue weighted by Crippen LogP contribution is -2.30. The molecule has 6 heteroatoms. The summed E-state index contributed by atoms with van der Waals surface area (Å²) in [4.78, 5) is 28.0. The van der Waals surface area contributed by atoms with E-state index in [1.165, 1.54) is 0 Å². The van der Waals surface area contributed by atoms with Gasteiger partial charge in [-0.1, -0.05) is 6.92 Å². The number of carbonyl (C=O) groups is 1. The number of aryl methyl sites for hydroxylation is 3. The Bertz CT molecular complexity index is 600. The highest BCUT2D eigenvalue weighted by Gasteiger charge is 2.17. The summed E-state index contributed by atoms with van der Waals surface area (Å²) in [6, 6.07) is 1.54. The molecule has 106 valence electrons. The fourth-order valence-electron chi connectivity index (χ4n) is 2.04. The highest BCUT2D eigenvalue weighted by molar-refractivity contribution is 5.92. The summed E-state index contributed by atoms with van der Waals surface area (Å²) < 4.78 is 0. The van der Waals surface area contributed by atoms with Crippen LogP contribution in [0.3, 0.4) is 0 Å². The van der Waals surface area contributed by atoms with Gasteiger partial charge in [0.25, 0.3) is 5.91 Å². The summed E-state index contributed by atoms with van der Waals surface area (Å²) in [5.74, 6) is 1.15. The molecule has 0 aliphatic heterocycles. The normalized spacial score (nSPS) is 12.2. The Morgan fingerprint density at radius 2 is 2.10 bits per heavy atom. The van der Waals surface area contributed by atoms with Gasteiger partial charge in [-0.3, -0.25) is 4.79 Å². The first-order chi connectivity index (χ1) is 9.49. The molecule has 0 saturated carbocycles. The third-order valence-electron chi connectivity index (χ3n) is 2.96. The van der Waals surface area contributed by atoms with E-state index < -0.39 is 0 Å². The zero-order valence-electron chi connectivity index (χ0n) is 12.2. The van der Waals surface area contributed by atoms with E-state index in [0.29, 0.717) is 11.5 Å². The lowest BCUT2D eigenvalue weighted by Gasteiger charge is -2.14. The molecular formula is C14H19N5O. The zero-order chi connectivity index (χ0) is 14.7. The Hall–Kier alpha value is -2.24. The molecule has 6 nitrogen and oxygen atoms in total. The fraction of sp³-hybridized carbons (Fsp3) is 0.429. The Balaban J connectivity index is 2.17. The van der Waals surface area contributed by atoms with Gasteiger partial charge in [-0.15, -0.1) is 0 Å². The number of carbonyl (C=O) groups excluding carboxylic acids is 1. The van der Waals surface area contributed by atoms with Crippen LogP contribution < -0.4 is 5.32 Å². The van der Waals surface area contributed by atoms with E-state index in [9.17, 15) is 4.79 Å². The molecule has 0 aliphatic rings. The molecule has 0 aliphatic carbocycles. The van der Waals surface area contributed by atoms with Gasteiger partial charge in [-0.25, -0.2) is 15.0 Å². The van der Waals surface area contributed by atoms with Crippen molar-refractivity contribution >= 4 is 5.91 Å². The molecule has 0 bridgehead atoms. The first-order valence-corrected chi connectivity index (χ1v) is 6.64. The number of aromatic nitrogens is 4. The molecule has 1 atom stereocenters. The lowest BCUT2D eigenvalue weighted by molar-refractivity contribution is 0.0928. The minimum Gasteiger partial charge on any atom is -0.344 e. The number of nitrogens with one attached hydrogen (secondary N) is 2. The van der Waals surface area contributed by atoms with E-state index in [-0.39, 0.29) is 11.9 Å². The topological polar surface area (TPSA) is 83.6 Å². The number of nitrogens with zero attached hydrogens (tertiary/aromatic N) is 3. The predicted octanol–water partition coefficient (Wildman–Crippen LogP) is 2.01. The second-order valence-electron chi connectivity index (χ2n) is 4.83. The van der Waals surface area contributed by atoms with Crippen LogP contribution in [0, 0.1) is 20.8 Å². The van der Waals surface area contributed by atoms with Crippen LogP contribution in [-0.2, 0) is 0 Å². The number of H-pyrrole nitrogens is 1. The average Bonchev–Trinajstić information content (AvgIpc) is 2.81. The van der Waals surface area contributed by atoms with E-state index in [1.54, 1.807) is 19.2 Å². The standard InChI is InChI=1S/C14H19N5O/c1-5-11(13-15-7-9(3)17-13)19-14(20)12-6-8(2)16-10(4)18-12/h6-7,11H,5H2,1-4H3,(H,15,17)(H,19,20). The molecule has 1 unspecified atom stereocenters. The maximum Gasteiger partial charge on any atom is 0.270 e. The second-order valence-corrected chi connectivity index (χ2v) is 4.83. The number of aromatic amines is 1. The summed E-state index contributed by atoms with van der Waals surface area (Å²) in [5.41, 5.74) is 2.14. The summed E-state index contributed by atoms with van der Waals surface area (Å²) in [6.07, 6.45) is 2.50. The Kier molecular flexibility index (Phi) is 4.12. The van der Waals surface area contributed by atoms with Crippen molar-refractivity contribution in [2.45, 2.75) is 40.2 Å². The van der Waals surface area contributed by atoms with Gasteiger partial charge in [0.05, 0.1) is 6.04 Å². The smallest absolute Gasteiger partial charge is 0.270 e. The number of amides is 1. The van der Waals surface area contributed by atoms with Crippen LogP contribution in [0.25, 0.3) is 0 Å². The molecule has 0 aromatic carbocycles. The van der Waals surface area contributed by atoms with E-state index in [2.05, 4.69) is 25.3 Å². The molecule has 0 fully saturated rings. The minimum absolute atomic E-state index is 0.147. The lowest BCUT2D eigenvalue weighted by atomic mass is 10.2. The van der Waals surface area contributed by atoms with Crippen LogP contribution >= 0.6 is 0 Å². The van der Waals surface area contributed by atoms with Gasteiger partial charge in [-0.2, -0.15) is 0 Å². The van der Waals surface area contributed by atoms with Crippen molar-refractivity contribution < 1.29 is 4.79 Å². The van der Waals surface area contributed by atoms with Crippen LogP contribution in [0.4, 0.5) is 0 Å². The predicted molar refractivity (Wildman–Crippen MR) is 75.3 cm³/mol. The van der Waals surface area contributed by atoms with E-state index in [1.807, 2.05) is 20.8 Å². The van der Waals surface area contributed by atoms with Gasteiger partial charge < -0.3 is 10.3 Å². The van der Waals surface area contributed by atoms with Gasteiger partial charge >= 0.3 is 0 Å². The largest absolute Gasteiger partial charge is 0.344 e. The highest BCUT2D eigenvalue weighted by Crippen LogP contribution is 2.13. The minimum atomic E-state index is -0.209. The zero-order valence-corrected chi connectivity index (χ0v) is 12.2. The molecule has 2 N–H and O–H groups in total. The first kappa shape index (κ1) is 14.2. The van der Waals surface area contributed by atoms with Crippen molar-refractivity contribution in [1.82, 2.24) is 25.3 Å². The molecule has 2 aromatic rings. The maximum atomic E-state index is 12.3. The number of rotatable bonds is 4. The Labute approximate surface area is 118 Å². The van der Waals surface area contributed by atoms with Crippen molar-refractivity contribution in [3.8, 4) is 0 Å². The molecule has 1 amide bonds. The molecule has 2 rings (SSSR count). The monoisotopic (exact) mass is 273 g/mol. The van der Waals surface area contributed by atoms with Crippen LogP contribution in [0.5, 0.6) is 0 Å². The van der Waals surface area contributed by atoms with Gasteiger partial charge in [0.15, 0.2) is 0 Å². The number of hydrogen-bond acceptors (Lipinski definition) is 4. The van der Waals surface area contributed by atoms with Crippen molar-refractivity contribution in [2.24, 2.45) is 0 Å². The number of imidazole rings is 1. The van der Waals surface area contributed by atoms with Crippen molar-refractivity contribution in [2.75, 3.05) is 0 Å². The van der Waals surface area contributed by atoms with Gasteiger partial charge in [0.1, 0.15) is 17.3 Å².